The van der Waals surface area contributed by atoms with Crippen molar-refractivity contribution in [3.63, 3.8) is 0 Å². The zero-order valence-electron chi connectivity index (χ0n) is 13.0. The van der Waals surface area contributed by atoms with E-state index in [0.717, 1.165) is 6.41 Å². The molecule has 0 atom stereocenters. The summed E-state index contributed by atoms with van der Waals surface area (Å²) in [4.78, 5) is 30.4. The molecule has 8 heteroatoms. The minimum Gasteiger partial charge on any atom is -0.342 e. The average Bonchev–Trinajstić information content (AvgIpc) is 3.09. The maximum absolute atomic E-state index is 12.9. The summed E-state index contributed by atoms with van der Waals surface area (Å²) < 4.78 is 18.1. The van der Waals surface area contributed by atoms with Gasteiger partial charge in [-0.2, -0.15) is 4.98 Å². The number of carbonyl (C=O) groups is 2. The fourth-order valence-electron chi connectivity index (χ4n) is 2.52. The quantitative estimate of drug-likeness (QED) is 0.766. The maximum Gasteiger partial charge on any atom is 0.227 e. The van der Waals surface area contributed by atoms with E-state index >= 15 is 0 Å². The molecule has 3 rings (SSSR count). The van der Waals surface area contributed by atoms with Crippen molar-refractivity contribution < 1.29 is 18.5 Å². The number of amides is 2. The second-order valence-corrected chi connectivity index (χ2v) is 5.54. The smallest absolute Gasteiger partial charge is 0.227 e. The van der Waals surface area contributed by atoms with Crippen LogP contribution in [0.15, 0.2) is 28.8 Å². The Morgan fingerprint density at radius 1 is 1.21 bits per heavy atom. The molecule has 2 aromatic rings. The summed E-state index contributed by atoms with van der Waals surface area (Å²) in [5, 5.41) is 3.85. The zero-order valence-corrected chi connectivity index (χ0v) is 13.0. The Hall–Kier alpha value is -2.77. The summed E-state index contributed by atoms with van der Waals surface area (Å²) in [5.74, 6) is 0.413. The first-order chi connectivity index (χ1) is 11.7. The molecule has 24 heavy (non-hydrogen) atoms. The number of carbonyl (C=O) groups excluding carboxylic acids is 2. The van der Waals surface area contributed by atoms with Gasteiger partial charge in [-0.25, -0.2) is 4.39 Å². The molecule has 2 amide bonds. The van der Waals surface area contributed by atoms with Crippen LogP contribution in [0.4, 0.5) is 4.39 Å². The van der Waals surface area contributed by atoms with Crippen molar-refractivity contribution in [1.29, 1.82) is 0 Å². The van der Waals surface area contributed by atoms with Crippen LogP contribution in [0.3, 0.4) is 0 Å². The summed E-state index contributed by atoms with van der Waals surface area (Å²) in [6, 6.07) is 5.80. The predicted molar refractivity (Wildman–Crippen MR) is 82.2 cm³/mol. The van der Waals surface area contributed by atoms with Crippen molar-refractivity contribution in [3.05, 3.63) is 36.0 Å². The molecule has 0 radical (unpaired) electrons. The third-order valence-electron chi connectivity index (χ3n) is 3.94. The fraction of sp³-hybridized carbons (Fsp3) is 0.375. The van der Waals surface area contributed by atoms with E-state index in [-0.39, 0.29) is 18.1 Å². The van der Waals surface area contributed by atoms with Gasteiger partial charge in [0.2, 0.25) is 24.0 Å². The highest BCUT2D eigenvalue weighted by Crippen LogP contribution is 2.17. The van der Waals surface area contributed by atoms with E-state index in [1.54, 1.807) is 21.9 Å². The molecule has 0 N–H and O–H groups in total. The number of benzene rings is 1. The molecule has 1 aliphatic heterocycles. The first kappa shape index (κ1) is 16.1. The third kappa shape index (κ3) is 3.76. The lowest BCUT2D eigenvalue weighted by Gasteiger charge is -2.32. The Balaban J connectivity index is 1.53. The Labute approximate surface area is 138 Å². The highest BCUT2D eigenvalue weighted by molar-refractivity contribution is 5.76. The summed E-state index contributed by atoms with van der Waals surface area (Å²) in [5.41, 5.74) is 0.655. The number of aryl methyl sites for hydroxylation is 1. The van der Waals surface area contributed by atoms with Gasteiger partial charge in [0.1, 0.15) is 5.82 Å². The largest absolute Gasteiger partial charge is 0.342 e. The molecule has 1 fully saturated rings. The van der Waals surface area contributed by atoms with E-state index in [1.165, 1.54) is 12.1 Å². The van der Waals surface area contributed by atoms with Gasteiger partial charge in [0.05, 0.1) is 0 Å². The van der Waals surface area contributed by atoms with Crippen LogP contribution >= 0.6 is 0 Å². The van der Waals surface area contributed by atoms with Crippen LogP contribution in [0.1, 0.15) is 12.3 Å². The molecule has 0 bridgehead atoms. The van der Waals surface area contributed by atoms with Gasteiger partial charge >= 0.3 is 0 Å². The van der Waals surface area contributed by atoms with Crippen LogP contribution in [0.5, 0.6) is 0 Å². The molecule has 0 saturated carbocycles. The molecule has 1 saturated heterocycles. The summed E-state index contributed by atoms with van der Waals surface area (Å²) >= 11 is 0. The van der Waals surface area contributed by atoms with Gasteiger partial charge in [-0.05, 0) is 24.3 Å². The first-order valence-corrected chi connectivity index (χ1v) is 7.71. The number of rotatable bonds is 5. The van der Waals surface area contributed by atoms with Crippen LogP contribution in [0.2, 0.25) is 0 Å². The van der Waals surface area contributed by atoms with Crippen molar-refractivity contribution in [2.45, 2.75) is 12.8 Å². The van der Waals surface area contributed by atoms with Crippen LogP contribution in [0.25, 0.3) is 11.4 Å². The second kappa shape index (κ2) is 7.20. The van der Waals surface area contributed by atoms with E-state index < -0.39 is 0 Å². The Kier molecular flexibility index (Phi) is 4.83. The molecule has 0 unspecified atom stereocenters. The lowest BCUT2D eigenvalue weighted by Crippen LogP contribution is -2.48. The Morgan fingerprint density at radius 3 is 2.58 bits per heavy atom. The first-order valence-electron chi connectivity index (χ1n) is 7.71. The number of aromatic nitrogens is 2. The van der Waals surface area contributed by atoms with Gasteiger partial charge in [0.25, 0.3) is 0 Å². The average molecular weight is 332 g/mol. The second-order valence-electron chi connectivity index (χ2n) is 5.54. The normalized spacial score (nSPS) is 14.7. The molecule has 126 valence electrons. The van der Waals surface area contributed by atoms with Crippen molar-refractivity contribution in [1.82, 2.24) is 19.9 Å². The molecule has 2 heterocycles. The maximum atomic E-state index is 12.9. The summed E-state index contributed by atoms with van der Waals surface area (Å²) in [7, 11) is 0. The van der Waals surface area contributed by atoms with Gasteiger partial charge in [0, 0.05) is 44.6 Å². The molecular weight excluding hydrogens is 315 g/mol. The number of hydrogen-bond donors (Lipinski definition) is 0. The van der Waals surface area contributed by atoms with Gasteiger partial charge in [-0.15, -0.1) is 0 Å². The minimum atomic E-state index is -0.331. The monoisotopic (exact) mass is 332 g/mol. The fourth-order valence-corrected chi connectivity index (χ4v) is 2.52. The zero-order chi connectivity index (χ0) is 16.9. The molecule has 1 aromatic heterocycles. The van der Waals surface area contributed by atoms with Crippen LogP contribution in [-0.4, -0.2) is 58.4 Å². The Bertz CT molecular complexity index is 708. The van der Waals surface area contributed by atoms with Crippen molar-refractivity contribution in [3.8, 4) is 11.4 Å². The molecule has 0 aliphatic carbocycles. The minimum absolute atomic E-state index is 0.00193. The SMILES string of the molecule is O=CN1CCN(C(=O)CCc2nc(-c3ccc(F)cc3)no2)CC1. The lowest BCUT2D eigenvalue weighted by atomic mass is 10.2. The lowest BCUT2D eigenvalue weighted by molar-refractivity contribution is -0.135. The van der Waals surface area contributed by atoms with E-state index in [9.17, 15) is 14.0 Å². The van der Waals surface area contributed by atoms with E-state index in [0.29, 0.717) is 49.9 Å². The van der Waals surface area contributed by atoms with Crippen LogP contribution in [-0.2, 0) is 16.0 Å². The third-order valence-corrected chi connectivity index (χ3v) is 3.94. The molecular formula is C16H17FN4O3. The molecule has 0 spiro atoms. The number of hydrogen-bond acceptors (Lipinski definition) is 5. The van der Waals surface area contributed by atoms with Gasteiger partial charge in [-0.1, -0.05) is 5.16 Å². The molecule has 7 nitrogen and oxygen atoms in total. The van der Waals surface area contributed by atoms with Gasteiger partial charge in [-0.3, -0.25) is 9.59 Å². The van der Waals surface area contributed by atoms with Crippen molar-refractivity contribution >= 4 is 12.3 Å². The number of nitrogens with zero attached hydrogens (tertiary/aromatic N) is 4. The molecule has 1 aromatic carbocycles. The topological polar surface area (TPSA) is 79.5 Å². The highest BCUT2D eigenvalue weighted by Gasteiger charge is 2.20. The van der Waals surface area contributed by atoms with Crippen molar-refractivity contribution in [2.24, 2.45) is 0 Å². The van der Waals surface area contributed by atoms with Gasteiger partial charge < -0.3 is 14.3 Å². The molecule has 1 aliphatic rings. The summed E-state index contributed by atoms with van der Waals surface area (Å²) in [6.45, 7) is 2.21. The highest BCUT2D eigenvalue weighted by atomic mass is 19.1. The van der Waals surface area contributed by atoms with Crippen molar-refractivity contribution in [2.75, 3.05) is 26.2 Å². The predicted octanol–water partition coefficient (Wildman–Crippen LogP) is 1.11. The van der Waals surface area contributed by atoms with Gasteiger partial charge in [0.15, 0.2) is 0 Å². The van der Waals surface area contributed by atoms with Crippen LogP contribution < -0.4 is 0 Å². The summed E-state index contributed by atoms with van der Waals surface area (Å²) in [6.07, 6.45) is 1.42. The number of piperazine rings is 1. The Morgan fingerprint density at radius 2 is 1.92 bits per heavy atom. The van der Waals surface area contributed by atoms with E-state index in [2.05, 4.69) is 10.1 Å². The van der Waals surface area contributed by atoms with Crippen LogP contribution in [0, 0.1) is 5.82 Å². The van der Waals surface area contributed by atoms with E-state index in [4.69, 9.17) is 4.52 Å². The standard InChI is InChI=1S/C16H17FN4O3/c17-13-3-1-12(2-4-13)16-18-14(24-19-16)5-6-15(23)21-9-7-20(11-22)8-10-21/h1-4,11H,5-10H2. The van der Waals surface area contributed by atoms with E-state index in [1.807, 2.05) is 0 Å². The number of halogens is 1.